The monoisotopic (exact) mass is 346 g/mol. The normalized spacial score (nSPS) is 49.2. The highest BCUT2D eigenvalue weighted by molar-refractivity contribution is 5.79. The van der Waals surface area contributed by atoms with Gasteiger partial charge in [-0.15, -0.1) is 0 Å². The van der Waals surface area contributed by atoms with Gasteiger partial charge in [0.15, 0.2) is 0 Å². The minimum Gasteiger partial charge on any atom is -0.381 e. The van der Waals surface area contributed by atoms with Crippen molar-refractivity contribution in [2.75, 3.05) is 13.2 Å². The van der Waals surface area contributed by atoms with E-state index in [1.807, 2.05) is 6.92 Å². The van der Waals surface area contributed by atoms with Crippen molar-refractivity contribution in [2.24, 2.45) is 46.8 Å². The highest BCUT2D eigenvalue weighted by Crippen LogP contribution is 2.64. The van der Waals surface area contributed by atoms with Gasteiger partial charge in [0.1, 0.15) is 5.78 Å². The third-order valence-corrected chi connectivity index (χ3v) is 9.11. The summed E-state index contributed by atoms with van der Waals surface area (Å²) in [5.74, 6) is 6.32. The fourth-order valence-electron chi connectivity index (χ4n) is 8.05. The molecule has 4 aliphatic rings. The zero-order valence-electron chi connectivity index (χ0n) is 16.6. The summed E-state index contributed by atoms with van der Waals surface area (Å²) in [6.45, 7) is 8.30. The first kappa shape index (κ1) is 18.0. The smallest absolute Gasteiger partial charge is 0.133 e. The number of rotatable bonds is 4. The van der Waals surface area contributed by atoms with Gasteiger partial charge in [0, 0.05) is 19.1 Å². The summed E-state index contributed by atoms with van der Waals surface area (Å²) in [6.07, 6.45) is 12.4. The largest absolute Gasteiger partial charge is 0.381 e. The molecule has 0 aliphatic heterocycles. The summed E-state index contributed by atoms with van der Waals surface area (Å²) in [6, 6.07) is 0. The SMILES string of the molecule is CCOCC1CCC2C(CCC3C2CCC2(C)C(C(C)=O)CCC32)C1. The number of carbonyl (C=O) groups is 1. The molecule has 0 bridgehead atoms. The Morgan fingerprint density at radius 1 is 1.00 bits per heavy atom. The van der Waals surface area contributed by atoms with Crippen LogP contribution in [0, 0.1) is 46.8 Å². The minimum atomic E-state index is 0.325. The lowest BCUT2D eigenvalue weighted by Gasteiger charge is -2.56. The second-order valence-electron chi connectivity index (χ2n) is 10.1. The maximum atomic E-state index is 12.2. The summed E-state index contributed by atoms with van der Waals surface area (Å²) in [4.78, 5) is 12.2. The topological polar surface area (TPSA) is 26.3 Å². The Morgan fingerprint density at radius 3 is 2.56 bits per heavy atom. The van der Waals surface area contributed by atoms with E-state index in [9.17, 15) is 4.79 Å². The lowest BCUT2D eigenvalue weighted by Crippen LogP contribution is -2.49. The average molecular weight is 347 g/mol. The molecule has 0 radical (unpaired) electrons. The van der Waals surface area contributed by atoms with Crippen LogP contribution in [0.4, 0.5) is 0 Å². The van der Waals surface area contributed by atoms with E-state index in [1.165, 1.54) is 57.8 Å². The number of hydrogen-bond donors (Lipinski definition) is 0. The van der Waals surface area contributed by atoms with Gasteiger partial charge in [-0.2, -0.15) is 0 Å². The lowest BCUT2D eigenvalue weighted by atomic mass is 9.49. The van der Waals surface area contributed by atoms with Gasteiger partial charge in [-0.05, 0) is 113 Å². The fraction of sp³-hybridized carbons (Fsp3) is 0.957. The first-order valence-corrected chi connectivity index (χ1v) is 11.1. The fourth-order valence-corrected chi connectivity index (χ4v) is 8.05. The molecule has 0 heterocycles. The van der Waals surface area contributed by atoms with Gasteiger partial charge < -0.3 is 4.74 Å². The molecule has 0 aromatic rings. The summed E-state index contributed by atoms with van der Waals surface area (Å²) in [5, 5.41) is 0. The number of Topliss-reactive ketones (excluding diaryl/α,β-unsaturated/α-hetero) is 1. The molecule has 0 saturated heterocycles. The van der Waals surface area contributed by atoms with Crippen molar-refractivity contribution < 1.29 is 9.53 Å². The zero-order valence-corrected chi connectivity index (χ0v) is 16.6. The quantitative estimate of drug-likeness (QED) is 0.672. The van der Waals surface area contributed by atoms with Crippen molar-refractivity contribution in [3.63, 3.8) is 0 Å². The van der Waals surface area contributed by atoms with E-state index >= 15 is 0 Å². The highest BCUT2D eigenvalue weighted by atomic mass is 16.5. The van der Waals surface area contributed by atoms with Crippen LogP contribution < -0.4 is 0 Å². The van der Waals surface area contributed by atoms with Crippen molar-refractivity contribution in [2.45, 2.75) is 78.6 Å². The molecule has 0 aromatic carbocycles. The predicted molar refractivity (Wildman–Crippen MR) is 101 cm³/mol. The number of ketones is 1. The maximum Gasteiger partial charge on any atom is 0.133 e. The molecule has 2 nitrogen and oxygen atoms in total. The number of carbonyl (C=O) groups excluding carboxylic acids is 1. The molecule has 4 fully saturated rings. The van der Waals surface area contributed by atoms with Crippen molar-refractivity contribution in [3.8, 4) is 0 Å². The Morgan fingerprint density at radius 2 is 1.80 bits per heavy atom. The van der Waals surface area contributed by atoms with Crippen molar-refractivity contribution in [1.82, 2.24) is 0 Å². The molecule has 25 heavy (non-hydrogen) atoms. The highest BCUT2D eigenvalue weighted by Gasteiger charge is 2.57. The first-order chi connectivity index (χ1) is 12.0. The van der Waals surface area contributed by atoms with E-state index in [0.717, 1.165) is 48.7 Å². The van der Waals surface area contributed by atoms with Gasteiger partial charge in [-0.1, -0.05) is 6.92 Å². The van der Waals surface area contributed by atoms with Crippen LogP contribution in [0.3, 0.4) is 0 Å². The van der Waals surface area contributed by atoms with Crippen LogP contribution in [-0.4, -0.2) is 19.0 Å². The zero-order chi connectivity index (χ0) is 17.6. The molecule has 0 amide bonds. The predicted octanol–water partition coefficient (Wildman–Crippen LogP) is 5.50. The van der Waals surface area contributed by atoms with Gasteiger partial charge in [0.25, 0.3) is 0 Å². The average Bonchev–Trinajstić information content (AvgIpc) is 2.97. The summed E-state index contributed by atoms with van der Waals surface area (Å²) < 4.78 is 5.73. The Kier molecular flexibility index (Phi) is 5.03. The second-order valence-corrected chi connectivity index (χ2v) is 10.1. The molecule has 8 atom stereocenters. The van der Waals surface area contributed by atoms with Crippen LogP contribution >= 0.6 is 0 Å². The first-order valence-electron chi connectivity index (χ1n) is 11.1. The van der Waals surface area contributed by atoms with Gasteiger partial charge in [0.05, 0.1) is 0 Å². The minimum absolute atomic E-state index is 0.325. The van der Waals surface area contributed by atoms with Crippen molar-refractivity contribution >= 4 is 5.78 Å². The molecular weight excluding hydrogens is 308 g/mol. The third-order valence-electron chi connectivity index (χ3n) is 9.11. The van der Waals surface area contributed by atoms with Crippen molar-refractivity contribution in [1.29, 1.82) is 0 Å². The molecule has 142 valence electrons. The summed E-state index contributed by atoms with van der Waals surface area (Å²) >= 11 is 0. The molecule has 2 heteroatoms. The molecular formula is C23H38O2. The van der Waals surface area contributed by atoms with E-state index in [0.29, 0.717) is 17.1 Å². The molecule has 4 aliphatic carbocycles. The van der Waals surface area contributed by atoms with Gasteiger partial charge in [-0.25, -0.2) is 0 Å². The van der Waals surface area contributed by atoms with E-state index < -0.39 is 0 Å². The standard InChI is InChI=1S/C23H38O2/c1-4-25-14-16-5-7-18-17(13-16)6-8-20-19(18)11-12-23(3)21(15(2)24)9-10-22(20)23/h16-22H,4-14H2,1-3H3. The Hall–Kier alpha value is -0.370. The Balaban J connectivity index is 1.45. The van der Waals surface area contributed by atoms with Gasteiger partial charge >= 0.3 is 0 Å². The van der Waals surface area contributed by atoms with Crippen LogP contribution in [0.2, 0.25) is 0 Å². The molecule has 4 saturated carbocycles. The van der Waals surface area contributed by atoms with Crippen LogP contribution in [0.5, 0.6) is 0 Å². The molecule has 0 aromatic heterocycles. The Labute approximate surface area is 154 Å². The van der Waals surface area contributed by atoms with Crippen molar-refractivity contribution in [3.05, 3.63) is 0 Å². The van der Waals surface area contributed by atoms with E-state index in [-0.39, 0.29) is 0 Å². The number of hydrogen-bond acceptors (Lipinski definition) is 2. The number of ether oxygens (including phenoxy) is 1. The molecule has 8 unspecified atom stereocenters. The summed E-state index contributed by atoms with van der Waals surface area (Å²) in [7, 11) is 0. The van der Waals surface area contributed by atoms with Crippen LogP contribution in [0.25, 0.3) is 0 Å². The third kappa shape index (κ3) is 3.01. The van der Waals surface area contributed by atoms with Crippen LogP contribution in [0.15, 0.2) is 0 Å². The lowest BCUT2D eigenvalue weighted by molar-refractivity contribution is -0.128. The van der Waals surface area contributed by atoms with E-state index in [1.54, 1.807) is 0 Å². The molecule has 4 rings (SSSR count). The van der Waals surface area contributed by atoms with Crippen LogP contribution in [-0.2, 0) is 9.53 Å². The summed E-state index contributed by atoms with van der Waals surface area (Å²) in [5.41, 5.74) is 0.325. The van der Waals surface area contributed by atoms with Gasteiger partial charge in [-0.3, -0.25) is 4.79 Å². The maximum absolute atomic E-state index is 12.2. The van der Waals surface area contributed by atoms with E-state index in [2.05, 4.69) is 13.8 Å². The number of fused-ring (bicyclic) bond motifs is 5. The van der Waals surface area contributed by atoms with E-state index in [4.69, 9.17) is 4.74 Å². The second kappa shape index (κ2) is 6.98. The van der Waals surface area contributed by atoms with Gasteiger partial charge in [0.2, 0.25) is 0 Å². The molecule has 0 spiro atoms. The Bertz CT molecular complexity index is 500. The molecule has 0 N–H and O–H groups in total. The van der Waals surface area contributed by atoms with Crippen LogP contribution in [0.1, 0.15) is 78.6 Å².